The third-order valence-corrected chi connectivity index (χ3v) is 6.07. The average molecular weight is 367 g/mol. The first-order chi connectivity index (χ1) is 13.3. The molecule has 144 valence electrons. The van der Waals surface area contributed by atoms with Crippen molar-refractivity contribution in [2.45, 2.75) is 63.8 Å². The Bertz CT molecular complexity index is 728. The van der Waals surface area contributed by atoms with E-state index in [1.165, 1.54) is 38.5 Å². The van der Waals surface area contributed by atoms with Gasteiger partial charge >= 0.3 is 0 Å². The van der Waals surface area contributed by atoms with E-state index in [1.807, 2.05) is 29.1 Å². The van der Waals surface area contributed by atoms with Gasteiger partial charge in [0, 0.05) is 25.7 Å². The molecule has 6 heteroatoms. The zero-order chi connectivity index (χ0) is 18.5. The molecule has 27 heavy (non-hydrogen) atoms. The molecule has 0 bridgehead atoms. The first kappa shape index (κ1) is 18.1. The Kier molecular flexibility index (Phi) is 5.80. The summed E-state index contributed by atoms with van der Waals surface area (Å²) in [5, 5.41) is 8.59. The minimum atomic E-state index is 0.317. The number of carbonyl (C=O) groups is 1. The fourth-order valence-electron chi connectivity index (χ4n) is 4.41. The number of hydrogen-bond donors (Lipinski definition) is 0. The molecule has 1 aliphatic heterocycles. The van der Waals surface area contributed by atoms with E-state index in [4.69, 9.17) is 0 Å². The van der Waals surface area contributed by atoms with Gasteiger partial charge in [-0.25, -0.2) is 4.68 Å². The number of nitrogens with zero attached hydrogens (tertiary/aromatic N) is 5. The Balaban J connectivity index is 1.30. The first-order valence-corrected chi connectivity index (χ1v) is 10.4. The molecule has 0 unspecified atom stereocenters. The molecule has 0 aromatic carbocycles. The first-order valence-electron chi connectivity index (χ1n) is 10.4. The van der Waals surface area contributed by atoms with E-state index in [1.54, 1.807) is 6.20 Å². The van der Waals surface area contributed by atoms with Gasteiger partial charge in [-0.15, -0.1) is 5.10 Å². The van der Waals surface area contributed by atoms with Crippen molar-refractivity contribution in [2.24, 2.45) is 5.92 Å². The van der Waals surface area contributed by atoms with Crippen LogP contribution in [0.1, 0.15) is 63.8 Å². The van der Waals surface area contributed by atoms with Crippen molar-refractivity contribution < 1.29 is 4.79 Å². The van der Waals surface area contributed by atoms with Crippen LogP contribution in [0.5, 0.6) is 0 Å². The van der Waals surface area contributed by atoms with E-state index in [2.05, 4.69) is 20.2 Å². The van der Waals surface area contributed by atoms with Crippen molar-refractivity contribution in [3.05, 3.63) is 30.6 Å². The normalized spacial score (nSPS) is 19.8. The third kappa shape index (κ3) is 4.54. The molecule has 6 nitrogen and oxygen atoms in total. The highest BCUT2D eigenvalue weighted by atomic mass is 16.2. The molecule has 1 amide bonds. The SMILES string of the molecule is O=C(CC1CCCCCC1)N1CCC(n2cc(-c3ccccn3)nn2)CC1. The maximum atomic E-state index is 12.7. The van der Waals surface area contributed by atoms with Crippen LogP contribution in [-0.4, -0.2) is 43.9 Å². The number of aromatic nitrogens is 4. The summed E-state index contributed by atoms with van der Waals surface area (Å²) >= 11 is 0. The highest BCUT2D eigenvalue weighted by Gasteiger charge is 2.26. The Morgan fingerprint density at radius 1 is 1.00 bits per heavy atom. The summed E-state index contributed by atoms with van der Waals surface area (Å²) < 4.78 is 1.96. The van der Waals surface area contributed by atoms with Crippen LogP contribution in [0.15, 0.2) is 30.6 Å². The molecular formula is C21H29N5O. The van der Waals surface area contributed by atoms with E-state index < -0.39 is 0 Å². The van der Waals surface area contributed by atoms with Crippen molar-refractivity contribution in [3.8, 4) is 11.4 Å². The molecule has 1 saturated carbocycles. The summed E-state index contributed by atoms with van der Waals surface area (Å²) in [6, 6.07) is 6.12. The van der Waals surface area contributed by atoms with Crippen LogP contribution < -0.4 is 0 Å². The predicted molar refractivity (Wildman–Crippen MR) is 104 cm³/mol. The Morgan fingerprint density at radius 3 is 2.48 bits per heavy atom. The smallest absolute Gasteiger partial charge is 0.222 e. The van der Waals surface area contributed by atoms with Gasteiger partial charge in [-0.2, -0.15) is 0 Å². The van der Waals surface area contributed by atoms with Gasteiger partial charge in [0.1, 0.15) is 5.69 Å². The Hall–Kier alpha value is -2.24. The molecule has 0 radical (unpaired) electrons. The van der Waals surface area contributed by atoms with Crippen molar-refractivity contribution in [1.29, 1.82) is 0 Å². The quantitative estimate of drug-likeness (QED) is 0.770. The molecule has 4 rings (SSSR count). The van der Waals surface area contributed by atoms with Crippen LogP contribution in [0.25, 0.3) is 11.4 Å². The van der Waals surface area contributed by atoms with Crippen molar-refractivity contribution >= 4 is 5.91 Å². The lowest BCUT2D eigenvalue weighted by molar-refractivity contribution is -0.133. The number of amides is 1. The van der Waals surface area contributed by atoms with Gasteiger partial charge in [0.15, 0.2) is 0 Å². The Morgan fingerprint density at radius 2 is 1.78 bits per heavy atom. The average Bonchev–Trinajstić information content (AvgIpc) is 3.08. The van der Waals surface area contributed by atoms with E-state index in [0.29, 0.717) is 17.9 Å². The van der Waals surface area contributed by atoms with Crippen molar-refractivity contribution in [3.63, 3.8) is 0 Å². The molecule has 1 aliphatic carbocycles. The molecule has 0 N–H and O–H groups in total. The molecule has 0 atom stereocenters. The van der Waals surface area contributed by atoms with Crippen molar-refractivity contribution in [2.75, 3.05) is 13.1 Å². The molecule has 0 spiro atoms. The van der Waals surface area contributed by atoms with Crippen LogP contribution in [-0.2, 0) is 4.79 Å². The minimum Gasteiger partial charge on any atom is -0.343 e. The summed E-state index contributed by atoms with van der Waals surface area (Å²) in [6.45, 7) is 1.66. The van der Waals surface area contributed by atoms with Crippen LogP contribution in [0.3, 0.4) is 0 Å². The number of carbonyl (C=O) groups excluding carboxylic acids is 1. The Labute approximate surface area is 161 Å². The van der Waals surface area contributed by atoms with E-state index in [9.17, 15) is 4.79 Å². The second kappa shape index (κ2) is 8.63. The zero-order valence-corrected chi connectivity index (χ0v) is 16.0. The molecule has 2 fully saturated rings. The maximum Gasteiger partial charge on any atom is 0.222 e. The maximum absolute atomic E-state index is 12.7. The molecule has 1 saturated heterocycles. The number of piperidine rings is 1. The standard InChI is InChI=1S/C21H29N5O/c27-21(15-17-7-3-1-2-4-8-17)25-13-10-18(11-14-25)26-16-20(23-24-26)19-9-5-6-12-22-19/h5-6,9,12,16-18H,1-4,7-8,10-11,13-15H2. The lowest BCUT2D eigenvalue weighted by Gasteiger charge is -2.32. The van der Waals surface area contributed by atoms with Gasteiger partial charge in [0.25, 0.3) is 0 Å². The molecule has 2 aromatic rings. The fourth-order valence-corrected chi connectivity index (χ4v) is 4.41. The summed E-state index contributed by atoms with van der Waals surface area (Å²) in [4.78, 5) is 19.1. The van der Waals surface area contributed by atoms with Gasteiger partial charge in [-0.3, -0.25) is 9.78 Å². The van der Waals surface area contributed by atoms with Crippen LogP contribution in [0, 0.1) is 5.92 Å². The monoisotopic (exact) mass is 367 g/mol. The number of likely N-dealkylation sites (tertiary alicyclic amines) is 1. The van der Waals surface area contributed by atoms with Gasteiger partial charge in [-0.1, -0.05) is 37.0 Å². The lowest BCUT2D eigenvalue weighted by Crippen LogP contribution is -2.39. The van der Waals surface area contributed by atoms with Gasteiger partial charge in [-0.05, 0) is 43.7 Å². The summed E-state index contributed by atoms with van der Waals surface area (Å²) in [7, 11) is 0. The van der Waals surface area contributed by atoms with Gasteiger partial charge in [0.05, 0.1) is 17.9 Å². The zero-order valence-electron chi connectivity index (χ0n) is 16.0. The minimum absolute atomic E-state index is 0.317. The predicted octanol–water partition coefficient (Wildman–Crippen LogP) is 3.86. The lowest BCUT2D eigenvalue weighted by atomic mass is 9.95. The second-order valence-corrected chi connectivity index (χ2v) is 7.97. The van der Waals surface area contributed by atoms with Gasteiger partial charge in [0.2, 0.25) is 5.91 Å². The van der Waals surface area contributed by atoms with Gasteiger partial charge < -0.3 is 4.90 Å². The largest absolute Gasteiger partial charge is 0.343 e. The highest BCUT2D eigenvalue weighted by Crippen LogP contribution is 2.28. The number of pyridine rings is 1. The number of hydrogen-bond acceptors (Lipinski definition) is 4. The number of rotatable bonds is 4. The molecule has 3 heterocycles. The van der Waals surface area contributed by atoms with Crippen molar-refractivity contribution in [1.82, 2.24) is 24.9 Å². The molecular weight excluding hydrogens is 338 g/mol. The fraction of sp³-hybridized carbons (Fsp3) is 0.619. The van der Waals surface area contributed by atoms with E-state index in [0.717, 1.165) is 43.7 Å². The third-order valence-electron chi connectivity index (χ3n) is 6.07. The summed E-state index contributed by atoms with van der Waals surface area (Å²) in [6.07, 6.45) is 14.1. The summed E-state index contributed by atoms with van der Waals surface area (Å²) in [5.74, 6) is 0.960. The summed E-state index contributed by atoms with van der Waals surface area (Å²) in [5.41, 5.74) is 1.65. The topological polar surface area (TPSA) is 63.9 Å². The van der Waals surface area contributed by atoms with Crippen LogP contribution in [0.2, 0.25) is 0 Å². The van der Waals surface area contributed by atoms with Crippen LogP contribution >= 0.6 is 0 Å². The molecule has 2 aliphatic rings. The van der Waals surface area contributed by atoms with Crippen LogP contribution in [0.4, 0.5) is 0 Å². The highest BCUT2D eigenvalue weighted by molar-refractivity contribution is 5.76. The second-order valence-electron chi connectivity index (χ2n) is 7.97. The van der Waals surface area contributed by atoms with E-state index >= 15 is 0 Å². The van der Waals surface area contributed by atoms with E-state index in [-0.39, 0.29) is 0 Å². The molecule has 2 aromatic heterocycles.